The number of nitrogens with zero attached hydrogens (tertiary/aromatic N) is 1. The minimum Gasteiger partial charge on any atom is -0.391 e. The predicted octanol–water partition coefficient (Wildman–Crippen LogP) is 0.198. The van der Waals surface area contributed by atoms with Crippen molar-refractivity contribution in [1.82, 2.24) is 84.1 Å². The Balaban J connectivity index is 1.50. The third-order valence-electron chi connectivity index (χ3n) is 21.2. The molecule has 6 rings (SSSR count). The maximum absolute atomic E-state index is 16.1. The summed E-state index contributed by atoms with van der Waals surface area (Å²) in [6.07, 6.45) is 1.52. The zero-order valence-electron chi connectivity index (χ0n) is 72.9. The van der Waals surface area contributed by atoms with Crippen LogP contribution in [-0.4, -0.2) is 221 Å². The van der Waals surface area contributed by atoms with Crippen molar-refractivity contribution in [1.29, 1.82) is 0 Å². The number of primary amides is 3. The van der Waals surface area contributed by atoms with Crippen LogP contribution < -0.4 is 92.1 Å². The molecule has 0 spiro atoms. The van der Waals surface area contributed by atoms with E-state index in [1.807, 2.05) is 31.2 Å². The number of H-pyrrole nitrogens is 2. The molecule has 0 unspecified atom stereocenters. The number of Topliss-reactive ketones (excluding diaryl/α,β-unsaturated/α-hetero) is 1. The number of rotatable bonds is 42. The van der Waals surface area contributed by atoms with E-state index >= 15 is 28.8 Å². The van der Waals surface area contributed by atoms with Gasteiger partial charge in [-0.05, 0) is 153 Å². The van der Waals surface area contributed by atoms with Crippen molar-refractivity contribution in [3.63, 3.8) is 0 Å². The summed E-state index contributed by atoms with van der Waals surface area (Å²) in [5.74, 6) is -15.8. The molecular weight excluding hydrogens is 1650 g/mol. The van der Waals surface area contributed by atoms with E-state index in [9.17, 15) is 57.8 Å². The highest BCUT2D eigenvalue weighted by Gasteiger charge is 2.47. The fourth-order valence-electron chi connectivity index (χ4n) is 14.2. The first-order valence-corrected chi connectivity index (χ1v) is 44.0. The summed E-state index contributed by atoms with van der Waals surface area (Å²) in [5.41, 5.74) is 23.6. The normalized spacial score (nSPS) is 19.7. The van der Waals surface area contributed by atoms with Crippen LogP contribution in [0, 0.1) is 12.8 Å². The number of nitrogens with one attached hydrogen (secondary N) is 15. The molecule has 40 heteroatoms. The molecule has 0 bridgehead atoms. The number of fused-ring (bicyclic) bond motifs is 2. The second-order valence-corrected chi connectivity index (χ2v) is 37.0. The quantitative estimate of drug-likeness (QED) is 0.0183. The van der Waals surface area contributed by atoms with Gasteiger partial charge in [-0.3, -0.25) is 76.7 Å². The standard InChI is InChI=1S/C85H124N20O18S2/c1-45(2)35-59(71(89)112)96-76(117)63(40-65(87)110)98-72(113)58(29-18-21-34-91-49(6)108)102-82(123)85(12,32-19-20-33-86)105-78(119)60(37-51-30-31-52-25-16-17-26-53(52)36-51)97-75(116)62(39-55-43-90-44-93-55)100-81(122)70-84(10,11)125-124-83(8,9)69(94-50(7)109)80(121)101-64(41-66(88)111)77(118)103-68(48(5)107)79(120)99-61(38-54-42-92-67-46(3)23-22-27-56(54)67)74(115)95-57(73(114)104-70)28-15-13-14-24-47(4)106/h16-17,22-23,25-27,30-31,36,42-45,48,57-64,68-70,92,107H,13-15,18-21,24,28-29,32-35,37-41,86H2,1-12H3,(H2,87,110)(H2,88,111)(H2,89,112)(H,90,93)(H,91,108)(H,94,109)(H,95,115)(H,96,117)(H,97,116)(H,98,113)(H,99,120)(H,100,122)(H,101,121)(H,102,123)(H,103,118)(H,104,114)(H,105,119)/t48-,57+,58+,59-,60+,61+,62+,63+,64+,68+,69-,70-,85+/m1/s1. The van der Waals surface area contributed by atoms with Crippen LogP contribution in [0.15, 0.2) is 79.4 Å². The Hall–Kier alpha value is -11.5. The number of aryl methyl sites for hydroxylation is 1. The van der Waals surface area contributed by atoms with Gasteiger partial charge in [-0.15, -0.1) is 0 Å². The molecule has 3 heterocycles. The van der Waals surface area contributed by atoms with Crippen LogP contribution in [0.25, 0.3) is 21.7 Å². The van der Waals surface area contributed by atoms with Crippen molar-refractivity contribution in [2.24, 2.45) is 28.9 Å². The first kappa shape index (κ1) is 102. The second kappa shape index (κ2) is 48.1. The molecule has 5 aromatic rings. The van der Waals surface area contributed by atoms with Gasteiger partial charge in [0, 0.05) is 84.6 Å². The highest BCUT2D eigenvalue weighted by Crippen LogP contribution is 2.47. The zero-order valence-corrected chi connectivity index (χ0v) is 74.5. The summed E-state index contributed by atoms with van der Waals surface area (Å²) >= 11 is 0. The average Bonchev–Trinajstić information content (AvgIpc) is 1.74. The lowest BCUT2D eigenvalue weighted by molar-refractivity contribution is -0.138. The molecule has 1 fully saturated rings. The number of amides is 16. The number of aromatic nitrogens is 3. The number of carbonyl (C=O) groups excluding carboxylic acids is 17. The van der Waals surface area contributed by atoms with E-state index < -0.39 is 195 Å². The lowest BCUT2D eigenvalue weighted by atomic mass is 9.91. The monoisotopic (exact) mass is 1780 g/mol. The van der Waals surface area contributed by atoms with E-state index in [2.05, 4.69) is 84.1 Å². The number of ketones is 1. The Labute approximate surface area is 734 Å². The number of unbranched alkanes of at least 4 members (excludes halogenated alkanes) is 4. The molecule has 684 valence electrons. The maximum atomic E-state index is 16.1. The van der Waals surface area contributed by atoms with Crippen molar-refractivity contribution in [3.05, 3.63) is 102 Å². The summed E-state index contributed by atoms with van der Waals surface area (Å²) < 4.78 is -3.17. The molecule has 3 aromatic carbocycles. The fraction of sp³-hybridized carbons (Fsp3) is 0.553. The minimum atomic E-state index is -2.00. The van der Waals surface area contributed by atoms with Crippen LogP contribution in [0.5, 0.6) is 0 Å². The Bertz CT molecular complexity index is 4670. The number of para-hydroxylation sites is 1. The van der Waals surface area contributed by atoms with Crippen LogP contribution in [0.2, 0.25) is 0 Å². The van der Waals surface area contributed by atoms with Gasteiger partial charge >= 0.3 is 0 Å². The van der Waals surface area contributed by atoms with Crippen molar-refractivity contribution >= 4 is 144 Å². The van der Waals surface area contributed by atoms with Gasteiger partial charge in [0.05, 0.1) is 25.3 Å². The van der Waals surface area contributed by atoms with E-state index in [0.29, 0.717) is 41.3 Å². The van der Waals surface area contributed by atoms with Gasteiger partial charge in [0.15, 0.2) is 0 Å². The molecule has 38 nitrogen and oxygen atoms in total. The summed E-state index contributed by atoms with van der Waals surface area (Å²) in [5, 5.41) is 48.1. The highest BCUT2D eigenvalue weighted by atomic mass is 33.1. The molecule has 1 aliphatic heterocycles. The SMILES string of the molecule is CC(=O)CCCCC[C@@H]1NC(=O)[C@H](Cc2c[nH]c3c(C)cccc23)NC(=O)[C@H]([C@@H](C)O)NC(=O)[C@H](CC(N)=O)NC(=O)[C@@H](NC(C)=O)C(C)(C)SSC(C)(C)[C@@H](C(=O)N[C@@H](Cc2cnc[nH]2)C(=O)N[C@@H](Cc2ccc3ccccc3c2)C(=O)N[C@@](C)(CCCCN)C(=O)N[C@@H](CCCCNC(C)=O)C(=O)N[C@@H](CC(N)=O)C(=O)N[C@H](CC(C)C)C(N)=O)NC1=O. The van der Waals surface area contributed by atoms with Gasteiger partial charge < -0.3 is 112 Å². The smallest absolute Gasteiger partial charge is 0.246 e. The Morgan fingerprint density at radius 3 is 1.87 bits per heavy atom. The summed E-state index contributed by atoms with van der Waals surface area (Å²) in [4.78, 5) is 252. The Kier molecular flexibility index (Phi) is 39.4. The molecular formula is C85H124N20O18S2. The second-order valence-electron chi connectivity index (χ2n) is 33.5. The molecule has 2 aromatic heterocycles. The number of aliphatic hydroxyl groups excluding tert-OH is 1. The molecule has 125 heavy (non-hydrogen) atoms. The summed E-state index contributed by atoms with van der Waals surface area (Å²) in [6.45, 7) is 18.2. The number of aliphatic hydroxyl groups is 1. The van der Waals surface area contributed by atoms with Crippen molar-refractivity contribution in [2.75, 3.05) is 13.1 Å². The fourth-order valence-corrected chi connectivity index (χ4v) is 17.1. The molecule has 0 saturated carbocycles. The number of hydrogen-bond donors (Lipinski definition) is 20. The zero-order chi connectivity index (χ0) is 92.8. The van der Waals surface area contributed by atoms with E-state index in [1.54, 1.807) is 56.4 Å². The van der Waals surface area contributed by atoms with Crippen molar-refractivity contribution in [2.45, 2.75) is 280 Å². The van der Waals surface area contributed by atoms with E-state index in [4.69, 9.17) is 22.9 Å². The van der Waals surface area contributed by atoms with Gasteiger partial charge in [-0.2, -0.15) is 0 Å². The minimum absolute atomic E-state index is 0.0910. The molecule has 16 amide bonds. The number of benzene rings is 3. The Morgan fingerprint density at radius 2 is 1.24 bits per heavy atom. The third-order valence-corrected chi connectivity index (χ3v) is 25.4. The van der Waals surface area contributed by atoms with Crippen LogP contribution in [0.3, 0.4) is 0 Å². The van der Waals surface area contributed by atoms with Gasteiger partial charge in [0.1, 0.15) is 77.8 Å². The topological polar surface area (TPSA) is 615 Å². The molecule has 13 atom stereocenters. The molecule has 24 N–H and O–H groups in total. The number of hydrogen-bond acceptors (Lipinski definition) is 22. The predicted molar refractivity (Wildman–Crippen MR) is 471 cm³/mol. The first-order chi connectivity index (χ1) is 58.8. The lowest BCUT2D eigenvalue weighted by Crippen LogP contribution is -2.65. The van der Waals surface area contributed by atoms with E-state index in [0.717, 1.165) is 51.8 Å². The largest absolute Gasteiger partial charge is 0.391 e. The van der Waals surface area contributed by atoms with E-state index in [-0.39, 0.29) is 107 Å². The first-order valence-electron chi connectivity index (χ1n) is 41.8. The van der Waals surface area contributed by atoms with Gasteiger partial charge in [-0.1, -0.05) is 109 Å². The molecule has 1 saturated heterocycles. The molecule has 0 aliphatic carbocycles. The molecule has 1 aliphatic rings. The van der Waals surface area contributed by atoms with E-state index in [1.165, 1.54) is 61.0 Å². The number of nitrogens with two attached hydrogens (primary N) is 4. The summed E-state index contributed by atoms with van der Waals surface area (Å²) in [6, 6.07) is -0.349. The highest BCUT2D eigenvalue weighted by molar-refractivity contribution is 8.77. The van der Waals surface area contributed by atoms with Crippen molar-refractivity contribution in [3.8, 4) is 0 Å². The number of imidazole rings is 1. The number of carbonyl (C=O) groups is 17. The van der Waals surface area contributed by atoms with Crippen LogP contribution >= 0.6 is 21.6 Å². The van der Waals surface area contributed by atoms with Crippen LogP contribution in [0.1, 0.15) is 188 Å². The summed E-state index contributed by atoms with van der Waals surface area (Å²) in [7, 11) is 1.83. The van der Waals surface area contributed by atoms with Crippen LogP contribution in [0.4, 0.5) is 0 Å². The van der Waals surface area contributed by atoms with Crippen molar-refractivity contribution < 1.29 is 86.6 Å². The van der Waals surface area contributed by atoms with Gasteiger partial charge in [-0.25, -0.2) is 4.98 Å². The van der Waals surface area contributed by atoms with Crippen LogP contribution in [-0.2, 0) is 101 Å². The molecule has 0 radical (unpaired) electrons. The lowest BCUT2D eigenvalue weighted by Gasteiger charge is -2.39. The third kappa shape index (κ3) is 32.2. The van der Waals surface area contributed by atoms with Gasteiger partial charge in [0.25, 0.3) is 0 Å². The number of aromatic amines is 2. The maximum Gasteiger partial charge on any atom is 0.246 e. The van der Waals surface area contributed by atoms with Gasteiger partial charge in [0.2, 0.25) is 94.5 Å². The average molecular weight is 1780 g/mol. The Morgan fingerprint density at radius 1 is 0.608 bits per heavy atom.